The van der Waals surface area contributed by atoms with Crippen LogP contribution in [0.2, 0.25) is 0 Å². The number of hydrogen-bond donors (Lipinski definition) is 2. The van der Waals surface area contributed by atoms with E-state index < -0.39 is 12.0 Å². The first kappa shape index (κ1) is 15.5. The Bertz CT molecular complexity index is 490. The van der Waals surface area contributed by atoms with Gasteiger partial charge in [-0.3, -0.25) is 9.59 Å². The van der Waals surface area contributed by atoms with Gasteiger partial charge in [0.25, 0.3) is 5.91 Å². The summed E-state index contributed by atoms with van der Waals surface area (Å²) in [4.78, 5) is 25.3. The van der Waals surface area contributed by atoms with Gasteiger partial charge < -0.3 is 15.3 Å². The third-order valence-corrected chi connectivity index (χ3v) is 3.69. The lowest BCUT2D eigenvalue weighted by atomic mass is 10.1. The highest BCUT2D eigenvalue weighted by Gasteiger charge is 2.22. The van der Waals surface area contributed by atoms with Crippen LogP contribution in [0.1, 0.15) is 31.4 Å². The third kappa shape index (κ3) is 4.29. The van der Waals surface area contributed by atoms with Gasteiger partial charge in [-0.05, 0) is 17.9 Å². The molecular formula is C16H22N2O3. The quantitative estimate of drug-likeness (QED) is 0.824. The highest BCUT2D eigenvalue weighted by molar-refractivity contribution is 5.81. The van der Waals surface area contributed by atoms with E-state index in [9.17, 15) is 14.7 Å². The number of carbonyl (C=O) groups excluding carboxylic acids is 2. The van der Waals surface area contributed by atoms with E-state index in [1.54, 1.807) is 24.3 Å². The average molecular weight is 290 g/mol. The molecule has 1 unspecified atom stereocenters. The highest BCUT2D eigenvalue weighted by atomic mass is 16.3. The molecule has 1 aliphatic heterocycles. The van der Waals surface area contributed by atoms with Crippen LogP contribution in [-0.4, -0.2) is 41.5 Å². The molecule has 2 atom stereocenters. The molecule has 0 saturated carbocycles. The Morgan fingerprint density at radius 3 is 2.71 bits per heavy atom. The van der Waals surface area contributed by atoms with Gasteiger partial charge in [-0.25, -0.2) is 0 Å². The molecule has 5 nitrogen and oxygen atoms in total. The molecule has 1 fully saturated rings. The molecular weight excluding hydrogens is 268 g/mol. The third-order valence-electron chi connectivity index (χ3n) is 3.69. The van der Waals surface area contributed by atoms with Crippen molar-refractivity contribution < 1.29 is 14.7 Å². The Hall–Kier alpha value is -1.88. The molecule has 0 aliphatic carbocycles. The van der Waals surface area contributed by atoms with Crippen LogP contribution >= 0.6 is 0 Å². The van der Waals surface area contributed by atoms with Crippen molar-refractivity contribution in [1.82, 2.24) is 10.2 Å². The number of rotatable bonds is 6. The maximum Gasteiger partial charge on any atom is 0.253 e. The minimum absolute atomic E-state index is 0.166. The number of amides is 2. The lowest BCUT2D eigenvalue weighted by molar-refractivity contribution is -0.129. The normalized spacial score (nSPS) is 17.6. The second kappa shape index (κ2) is 7.22. The fourth-order valence-electron chi connectivity index (χ4n) is 2.50. The summed E-state index contributed by atoms with van der Waals surface area (Å²) in [6, 6.07) is 8.84. The van der Waals surface area contributed by atoms with Crippen molar-refractivity contribution in [3.8, 4) is 0 Å². The van der Waals surface area contributed by atoms with Crippen molar-refractivity contribution in [2.24, 2.45) is 5.92 Å². The number of aliphatic hydroxyl groups is 1. The van der Waals surface area contributed by atoms with Crippen LogP contribution in [-0.2, 0) is 9.59 Å². The maximum absolute atomic E-state index is 11.9. The van der Waals surface area contributed by atoms with Gasteiger partial charge in [0, 0.05) is 26.1 Å². The second-order valence-corrected chi connectivity index (χ2v) is 5.61. The number of nitrogens with zero attached hydrogens (tertiary/aromatic N) is 1. The summed E-state index contributed by atoms with van der Waals surface area (Å²) in [6.07, 6.45) is 0.406. The SMILES string of the molecule is CC(CNC(=O)[C@H](O)c1ccccc1)CN1CCCC1=O. The molecule has 5 heteroatoms. The average Bonchev–Trinajstić information content (AvgIpc) is 2.90. The molecule has 114 valence electrons. The van der Waals surface area contributed by atoms with Crippen LogP contribution in [0.3, 0.4) is 0 Å². The van der Waals surface area contributed by atoms with Crippen molar-refractivity contribution in [1.29, 1.82) is 0 Å². The summed E-state index contributed by atoms with van der Waals surface area (Å²) in [6.45, 7) is 3.90. The van der Waals surface area contributed by atoms with E-state index in [0.29, 0.717) is 25.1 Å². The van der Waals surface area contributed by atoms with Crippen molar-refractivity contribution in [2.75, 3.05) is 19.6 Å². The Kier molecular flexibility index (Phi) is 5.33. The largest absolute Gasteiger partial charge is 0.378 e. The molecule has 1 saturated heterocycles. The zero-order chi connectivity index (χ0) is 15.2. The van der Waals surface area contributed by atoms with E-state index in [0.717, 1.165) is 13.0 Å². The minimum atomic E-state index is -1.15. The van der Waals surface area contributed by atoms with Crippen LogP contribution in [0.4, 0.5) is 0 Å². The maximum atomic E-state index is 11.9. The highest BCUT2D eigenvalue weighted by Crippen LogP contribution is 2.13. The predicted molar refractivity (Wildman–Crippen MR) is 79.4 cm³/mol. The van der Waals surface area contributed by atoms with Gasteiger partial charge in [-0.15, -0.1) is 0 Å². The molecule has 1 aliphatic rings. The zero-order valence-corrected chi connectivity index (χ0v) is 12.3. The van der Waals surface area contributed by atoms with Crippen LogP contribution in [0.5, 0.6) is 0 Å². The number of hydrogen-bond acceptors (Lipinski definition) is 3. The predicted octanol–water partition coefficient (Wildman–Crippen LogP) is 1.09. The molecule has 1 aromatic carbocycles. The van der Waals surface area contributed by atoms with E-state index in [1.807, 2.05) is 17.9 Å². The smallest absolute Gasteiger partial charge is 0.253 e. The van der Waals surface area contributed by atoms with Gasteiger partial charge in [-0.2, -0.15) is 0 Å². The number of carbonyl (C=O) groups is 2. The molecule has 2 N–H and O–H groups in total. The fourth-order valence-corrected chi connectivity index (χ4v) is 2.50. The van der Waals surface area contributed by atoms with E-state index in [4.69, 9.17) is 0 Å². The molecule has 2 rings (SSSR count). The Morgan fingerprint density at radius 2 is 2.10 bits per heavy atom. The Labute approximate surface area is 125 Å². The summed E-state index contributed by atoms with van der Waals surface area (Å²) in [5.41, 5.74) is 0.581. The zero-order valence-electron chi connectivity index (χ0n) is 12.3. The number of nitrogens with one attached hydrogen (secondary N) is 1. The number of benzene rings is 1. The van der Waals surface area contributed by atoms with Crippen molar-refractivity contribution in [3.63, 3.8) is 0 Å². The molecule has 0 aromatic heterocycles. The Balaban J connectivity index is 1.77. The monoisotopic (exact) mass is 290 g/mol. The van der Waals surface area contributed by atoms with E-state index in [2.05, 4.69) is 5.32 Å². The molecule has 21 heavy (non-hydrogen) atoms. The van der Waals surface area contributed by atoms with Gasteiger partial charge in [0.2, 0.25) is 5.91 Å². The standard InChI is InChI=1S/C16H22N2O3/c1-12(11-18-9-5-8-14(18)19)10-17-16(21)15(20)13-6-3-2-4-7-13/h2-4,6-7,12,15,20H,5,8-11H2,1H3,(H,17,21)/t12?,15-/m1/s1. The first-order valence-electron chi connectivity index (χ1n) is 7.36. The molecule has 0 spiro atoms. The molecule has 1 aromatic rings. The van der Waals surface area contributed by atoms with Crippen LogP contribution in [0, 0.1) is 5.92 Å². The summed E-state index contributed by atoms with van der Waals surface area (Å²) in [5.74, 6) is -0.0442. The fraction of sp³-hybridized carbons (Fsp3) is 0.500. The van der Waals surface area contributed by atoms with E-state index in [1.165, 1.54) is 0 Å². The van der Waals surface area contributed by atoms with Crippen LogP contribution < -0.4 is 5.32 Å². The van der Waals surface area contributed by atoms with Gasteiger partial charge in [0.05, 0.1) is 0 Å². The van der Waals surface area contributed by atoms with Crippen molar-refractivity contribution >= 4 is 11.8 Å². The van der Waals surface area contributed by atoms with Crippen LogP contribution in [0.25, 0.3) is 0 Å². The van der Waals surface area contributed by atoms with Crippen molar-refractivity contribution in [2.45, 2.75) is 25.9 Å². The molecule has 0 bridgehead atoms. The lowest BCUT2D eigenvalue weighted by Gasteiger charge is -2.21. The summed E-state index contributed by atoms with van der Waals surface area (Å²) < 4.78 is 0. The minimum Gasteiger partial charge on any atom is -0.378 e. The summed E-state index contributed by atoms with van der Waals surface area (Å²) in [7, 11) is 0. The van der Waals surface area contributed by atoms with E-state index in [-0.39, 0.29) is 11.8 Å². The summed E-state index contributed by atoms with van der Waals surface area (Å²) in [5, 5.41) is 12.7. The van der Waals surface area contributed by atoms with Crippen LogP contribution in [0.15, 0.2) is 30.3 Å². The van der Waals surface area contributed by atoms with Gasteiger partial charge in [-0.1, -0.05) is 37.3 Å². The molecule has 1 heterocycles. The number of aliphatic hydroxyl groups excluding tert-OH is 1. The van der Waals surface area contributed by atoms with Gasteiger partial charge in [0.1, 0.15) is 0 Å². The molecule has 2 amide bonds. The van der Waals surface area contributed by atoms with Gasteiger partial charge >= 0.3 is 0 Å². The first-order chi connectivity index (χ1) is 10.1. The summed E-state index contributed by atoms with van der Waals surface area (Å²) >= 11 is 0. The molecule has 0 radical (unpaired) electrons. The lowest BCUT2D eigenvalue weighted by Crippen LogP contribution is -2.37. The Morgan fingerprint density at radius 1 is 1.38 bits per heavy atom. The topological polar surface area (TPSA) is 69.6 Å². The van der Waals surface area contributed by atoms with E-state index >= 15 is 0 Å². The second-order valence-electron chi connectivity index (χ2n) is 5.61. The van der Waals surface area contributed by atoms with Gasteiger partial charge in [0.15, 0.2) is 6.10 Å². The number of likely N-dealkylation sites (tertiary alicyclic amines) is 1. The first-order valence-corrected chi connectivity index (χ1v) is 7.36. The van der Waals surface area contributed by atoms with Crippen molar-refractivity contribution in [3.05, 3.63) is 35.9 Å².